The summed E-state index contributed by atoms with van der Waals surface area (Å²) in [5.74, 6) is 0.293. The number of hydrogen-bond acceptors (Lipinski definition) is 5. The van der Waals surface area contributed by atoms with E-state index in [1.807, 2.05) is 5.01 Å². The highest BCUT2D eigenvalue weighted by atomic mass is 16.5. The molecule has 0 aromatic carbocycles. The fourth-order valence-corrected chi connectivity index (χ4v) is 1.29. The predicted molar refractivity (Wildman–Crippen MR) is 55.8 cm³/mol. The van der Waals surface area contributed by atoms with Crippen LogP contribution in [0, 0.1) is 0 Å². The number of anilines is 1. The Balaban J connectivity index is 2.81. The van der Waals surface area contributed by atoms with Crippen LogP contribution in [-0.2, 0) is 4.74 Å². The zero-order valence-corrected chi connectivity index (χ0v) is 9.73. The Hall–Kier alpha value is -1.30. The third-order valence-corrected chi connectivity index (χ3v) is 2.00. The zero-order valence-electron chi connectivity index (χ0n) is 9.73. The summed E-state index contributed by atoms with van der Waals surface area (Å²) >= 11 is 0. The van der Waals surface area contributed by atoms with Crippen molar-refractivity contribution in [2.45, 2.75) is 26.3 Å². The number of hydrogen-bond donors (Lipinski definition) is 1. The standard InChI is InChI=1S/C9H19N4O2/c1-9(2,3)12(5-6-14-4)13-7-8(10)15-11-13/h7H,5-6,10H2,1-4H3/q+1. The highest BCUT2D eigenvalue weighted by molar-refractivity contribution is 5.11. The van der Waals surface area contributed by atoms with Crippen LogP contribution in [0.3, 0.4) is 0 Å². The van der Waals surface area contributed by atoms with E-state index in [1.165, 1.54) is 0 Å². The van der Waals surface area contributed by atoms with Crippen LogP contribution in [0.15, 0.2) is 10.7 Å². The Labute approximate surface area is 89.5 Å². The smallest absolute Gasteiger partial charge is 0.296 e. The van der Waals surface area contributed by atoms with Crippen LogP contribution >= 0.6 is 0 Å². The highest BCUT2D eigenvalue weighted by Gasteiger charge is 2.31. The number of aromatic nitrogens is 2. The van der Waals surface area contributed by atoms with Crippen molar-refractivity contribution in [3.05, 3.63) is 6.20 Å². The summed E-state index contributed by atoms with van der Waals surface area (Å²) in [6.45, 7) is 7.59. The average Bonchev–Trinajstić information content (AvgIpc) is 2.50. The number of ether oxygens (including phenoxy) is 1. The van der Waals surface area contributed by atoms with E-state index in [9.17, 15) is 0 Å². The molecule has 0 aliphatic rings. The fraction of sp³-hybridized carbons (Fsp3) is 0.778. The molecule has 0 atom stereocenters. The van der Waals surface area contributed by atoms with Crippen LogP contribution in [0.5, 0.6) is 0 Å². The lowest BCUT2D eigenvalue weighted by Crippen LogP contribution is -2.67. The molecule has 0 aliphatic heterocycles. The lowest BCUT2D eigenvalue weighted by molar-refractivity contribution is -0.765. The van der Waals surface area contributed by atoms with Crippen molar-refractivity contribution in [2.75, 3.05) is 31.0 Å². The number of nitrogens with two attached hydrogens (primary N) is 1. The first-order chi connectivity index (χ1) is 6.95. The van der Waals surface area contributed by atoms with Crippen LogP contribution in [0.25, 0.3) is 0 Å². The molecule has 0 aliphatic carbocycles. The van der Waals surface area contributed by atoms with Gasteiger partial charge in [-0.25, -0.2) is 0 Å². The molecule has 1 aromatic rings. The van der Waals surface area contributed by atoms with E-state index in [0.717, 1.165) is 6.54 Å². The SMILES string of the molecule is COCCN([n+]1cc(N)on1)C(C)(C)C. The fourth-order valence-electron chi connectivity index (χ4n) is 1.29. The summed E-state index contributed by atoms with van der Waals surface area (Å²) in [6.07, 6.45) is 1.64. The van der Waals surface area contributed by atoms with Crippen molar-refractivity contribution in [2.24, 2.45) is 0 Å². The van der Waals surface area contributed by atoms with Gasteiger partial charge >= 0.3 is 0 Å². The molecule has 2 N–H and O–H groups in total. The highest BCUT2D eigenvalue weighted by Crippen LogP contribution is 2.07. The number of nitrogens with zero attached hydrogens (tertiary/aromatic N) is 3. The number of nitrogen functional groups attached to an aromatic ring is 1. The van der Waals surface area contributed by atoms with Crippen molar-refractivity contribution in [1.29, 1.82) is 0 Å². The summed E-state index contributed by atoms with van der Waals surface area (Å²) in [5.41, 5.74) is 5.40. The van der Waals surface area contributed by atoms with Crippen molar-refractivity contribution in [3.63, 3.8) is 0 Å². The maximum Gasteiger partial charge on any atom is 0.296 e. The maximum atomic E-state index is 5.48. The van der Waals surface area contributed by atoms with Gasteiger partial charge in [0.1, 0.15) is 0 Å². The molecule has 0 saturated heterocycles. The Bertz CT molecular complexity index is 305. The summed E-state index contributed by atoms with van der Waals surface area (Å²) in [4.78, 5) is 1.61. The van der Waals surface area contributed by atoms with Crippen LogP contribution < -0.4 is 15.5 Å². The summed E-state index contributed by atoms with van der Waals surface area (Å²) in [5, 5.41) is 5.83. The van der Waals surface area contributed by atoms with Crippen LogP contribution in [-0.4, -0.2) is 31.1 Å². The molecule has 0 bridgehead atoms. The molecule has 1 rings (SSSR count). The molecule has 6 nitrogen and oxygen atoms in total. The van der Waals surface area contributed by atoms with Gasteiger partial charge in [-0.1, -0.05) is 0 Å². The second kappa shape index (κ2) is 4.48. The minimum atomic E-state index is -0.0769. The Morgan fingerprint density at radius 2 is 2.27 bits per heavy atom. The first-order valence-electron chi connectivity index (χ1n) is 4.86. The van der Waals surface area contributed by atoms with Gasteiger partial charge in [-0.3, -0.25) is 4.52 Å². The molecule has 1 heterocycles. The van der Waals surface area contributed by atoms with Crippen molar-refractivity contribution in [1.82, 2.24) is 5.27 Å². The largest absolute Gasteiger partial charge is 0.383 e. The molecule has 15 heavy (non-hydrogen) atoms. The summed E-state index contributed by atoms with van der Waals surface area (Å²) in [7, 11) is 1.67. The molecule has 86 valence electrons. The first-order valence-corrected chi connectivity index (χ1v) is 4.86. The Morgan fingerprint density at radius 3 is 2.67 bits per heavy atom. The van der Waals surface area contributed by atoms with Gasteiger partial charge in [-0.2, -0.15) is 0 Å². The van der Waals surface area contributed by atoms with E-state index in [0.29, 0.717) is 12.5 Å². The van der Waals surface area contributed by atoms with Gasteiger partial charge in [0.05, 0.1) is 23.5 Å². The van der Waals surface area contributed by atoms with E-state index in [4.69, 9.17) is 15.0 Å². The lowest BCUT2D eigenvalue weighted by Gasteiger charge is -2.27. The second-order valence-electron chi connectivity index (χ2n) is 4.31. The van der Waals surface area contributed by atoms with Gasteiger partial charge in [0.2, 0.25) is 5.27 Å². The lowest BCUT2D eigenvalue weighted by atomic mass is 10.1. The third kappa shape index (κ3) is 3.09. The zero-order chi connectivity index (χ0) is 11.5. The van der Waals surface area contributed by atoms with Crippen LogP contribution in [0.1, 0.15) is 20.8 Å². The van der Waals surface area contributed by atoms with Crippen molar-refractivity contribution in [3.8, 4) is 0 Å². The molecule has 0 spiro atoms. The summed E-state index contributed by atoms with van der Waals surface area (Å²) in [6, 6.07) is 0. The van der Waals surface area contributed by atoms with Gasteiger partial charge in [-0.15, -0.1) is 5.01 Å². The minimum Gasteiger partial charge on any atom is -0.383 e. The van der Waals surface area contributed by atoms with E-state index in [1.54, 1.807) is 18.1 Å². The minimum absolute atomic E-state index is 0.0769. The van der Waals surface area contributed by atoms with Crippen molar-refractivity contribution < 1.29 is 14.1 Å². The molecule has 0 radical (unpaired) electrons. The quantitative estimate of drug-likeness (QED) is 0.712. The Kier molecular flexibility index (Phi) is 3.52. The Morgan fingerprint density at radius 1 is 1.60 bits per heavy atom. The van der Waals surface area contributed by atoms with Crippen molar-refractivity contribution >= 4 is 5.88 Å². The predicted octanol–water partition coefficient (Wildman–Crippen LogP) is -0.0728. The normalized spacial score (nSPS) is 11.7. The molecule has 6 heteroatoms. The van der Waals surface area contributed by atoms with Gasteiger partial charge in [0.15, 0.2) is 0 Å². The first kappa shape index (κ1) is 11.8. The molecule has 0 saturated carbocycles. The third-order valence-electron chi connectivity index (χ3n) is 2.00. The molecular weight excluding hydrogens is 196 g/mol. The average molecular weight is 215 g/mol. The monoisotopic (exact) mass is 215 g/mol. The molecular formula is C9H19N4O2+. The van der Waals surface area contributed by atoms with Gasteiger partial charge < -0.3 is 10.5 Å². The molecule has 0 unspecified atom stereocenters. The maximum absolute atomic E-state index is 5.48. The topological polar surface area (TPSA) is 68.4 Å². The van der Waals surface area contributed by atoms with Gasteiger partial charge in [0, 0.05) is 7.11 Å². The number of rotatable bonds is 4. The number of methoxy groups -OCH3 is 1. The van der Waals surface area contributed by atoms with Gasteiger partial charge in [0.25, 0.3) is 12.1 Å². The van der Waals surface area contributed by atoms with E-state index >= 15 is 0 Å². The second-order valence-corrected chi connectivity index (χ2v) is 4.31. The van der Waals surface area contributed by atoms with Gasteiger partial charge in [-0.05, 0) is 20.8 Å². The van der Waals surface area contributed by atoms with E-state index < -0.39 is 0 Å². The van der Waals surface area contributed by atoms with Crippen LogP contribution in [0.2, 0.25) is 0 Å². The van der Waals surface area contributed by atoms with E-state index in [-0.39, 0.29) is 5.54 Å². The summed E-state index contributed by atoms with van der Waals surface area (Å²) < 4.78 is 9.88. The molecule has 0 fully saturated rings. The van der Waals surface area contributed by atoms with E-state index in [2.05, 4.69) is 26.0 Å². The molecule has 1 aromatic heterocycles. The van der Waals surface area contributed by atoms with Crippen LogP contribution in [0.4, 0.5) is 5.88 Å². The molecule has 0 amide bonds.